The molecule has 2 aliphatic rings. The van der Waals surface area contributed by atoms with Crippen molar-refractivity contribution in [2.24, 2.45) is 5.73 Å². The summed E-state index contributed by atoms with van der Waals surface area (Å²) in [6.45, 7) is 0.860. The van der Waals surface area contributed by atoms with Crippen molar-refractivity contribution >= 4 is 0 Å². The second-order valence-corrected chi connectivity index (χ2v) is 5.12. The second-order valence-electron chi connectivity index (χ2n) is 5.12. The number of nitrogens with one attached hydrogen (secondary N) is 1. The number of hydrogen-bond acceptors (Lipinski definition) is 3. The van der Waals surface area contributed by atoms with Gasteiger partial charge in [-0.25, -0.2) is 0 Å². The Hall–Kier alpha value is -0.900. The molecular formula is C13H18N2O. The molecule has 3 heteroatoms. The fraction of sp³-hybridized carbons (Fsp3) is 0.538. The molecule has 3 rings (SSSR count). The van der Waals surface area contributed by atoms with Gasteiger partial charge in [-0.05, 0) is 30.4 Å². The predicted octanol–water partition coefficient (Wildman–Crippen LogP) is 1.07. The van der Waals surface area contributed by atoms with Crippen LogP contribution in [0.4, 0.5) is 0 Å². The third kappa shape index (κ3) is 1.47. The van der Waals surface area contributed by atoms with Gasteiger partial charge in [0.05, 0.1) is 11.6 Å². The van der Waals surface area contributed by atoms with Gasteiger partial charge in [-0.15, -0.1) is 0 Å². The van der Waals surface area contributed by atoms with Gasteiger partial charge >= 0.3 is 0 Å². The summed E-state index contributed by atoms with van der Waals surface area (Å²) >= 11 is 0. The van der Waals surface area contributed by atoms with E-state index in [9.17, 15) is 5.11 Å². The quantitative estimate of drug-likeness (QED) is 0.661. The lowest BCUT2D eigenvalue weighted by Crippen LogP contribution is -2.40. The van der Waals surface area contributed by atoms with Gasteiger partial charge in [0.15, 0.2) is 0 Å². The molecule has 0 aromatic heterocycles. The number of nitrogens with two attached hydrogens (primary N) is 1. The van der Waals surface area contributed by atoms with Gasteiger partial charge in [0.2, 0.25) is 0 Å². The Balaban J connectivity index is 1.93. The fourth-order valence-corrected chi connectivity index (χ4v) is 3.13. The second kappa shape index (κ2) is 3.55. The van der Waals surface area contributed by atoms with Crippen molar-refractivity contribution in [2.75, 3.05) is 0 Å². The molecule has 3 nitrogen and oxygen atoms in total. The Kier molecular flexibility index (Phi) is 2.28. The van der Waals surface area contributed by atoms with Crippen molar-refractivity contribution in [1.82, 2.24) is 5.32 Å². The molecule has 4 N–H and O–H groups in total. The average Bonchev–Trinajstić information content (AvgIpc) is 2.83. The largest absolute Gasteiger partial charge is 0.388 e. The van der Waals surface area contributed by atoms with Crippen LogP contribution in [0.5, 0.6) is 0 Å². The van der Waals surface area contributed by atoms with E-state index in [2.05, 4.69) is 17.4 Å². The van der Waals surface area contributed by atoms with Gasteiger partial charge in [-0.2, -0.15) is 0 Å². The molecule has 0 spiro atoms. The maximum Gasteiger partial charge on any atom is 0.0857 e. The van der Waals surface area contributed by atoms with Crippen molar-refractivity contribution in [2.45, 2.75) is 43.5 Å². The lowest BCUT2D eigenvalue weighted by Gasteiger charge is -2.30. The first-order chi connectivity index (χ1) is 7.69. The first-order valence-corrected chi connectivity index (χ1v) is 5.98. The minimum absolute atomic E-state index is 0.0669. The summed E-state index contributed by atoms with van der Waals surface area (Å²) in [4.78, 5) is 0. The van der Waals surface area contributed by atoms with E-state index in [0.717, 1.165) is 19.4 Å². The number of rotatable bonds is 1. The minimum Gasteiger partial charge on any atom is -0.388 e. The van der Waals surface area contributed by atoms with Gasteiger partial charge in [0, 0.05) is 12.6 Å². The van der Waals surface area contributed by atoms with Gasteiger partial charge in [-0.3, -0.25) is 0 Å². The Bertz CT molecular complexity index is 407. The highest BCUT2D eigenvalue weighted by Crippen LogP contribution is 2.42. The van der Waals surface area contributed by atoms with Crippen molar-refractivity contribution in [3.05, 3.63) is 35.4 Å². The highest BCUT2D eigenvalue weighted by molar-refractivity contribution is 5.36. The third-order valence-electron chi connectivity index (χ3n) is 3.96. The molecule has 1 saturated carbocycles. The Labute approximate surface area is 95.7 Å². The topological polar surface area (TPSA) is 58.3 Å². The van der Waals surface area contributed by atoms with Crippen LogP contribution in [0.3, 0.4) is 0 Å². The summed E-state index contributed by atoms with van der Waals surface area (Å²) in [5.41, 5.74) is 7.82. The molecule has 1 aromatic carbocycles. The maximum absolute atomic E-state index is 10.7. The van der Waals surface area contributed by atoms with Crippen LogP contribution in [-0.4, -0.2) is 16.7 Å². The van der Waals surface area contributed by atoms with E-state index in [-0.39, 0.29) is 12.1 Å². The van der Waals surface area contributed by atoms with Crippen LogP contribution in [0.1, 0.15) is 36.4 Å². The van der Waals surface area contributed by atoms with Gasteiger partial charge in [-0.1, -0.05) is 24.3 Å². The van der Waals surface area contributed by atoms with Crippen molar-refractivity contribution < 1.29 is 5.11 Å². The van der Waals surface area contributed by atoms with E-state index in [1.54, 1.807) is 0 Å². The van der Waals surface area contributed by atoms with Crippen LogP contribution < -0.4 is 11.1 Å². The van der Waals surface area contributed by atoms with E-state index in [1.165, 1.54) is 11.1 Å². The number of hydrogen-bond donors (Lipinski definition) is 3. The fourth-order valence-electron chi connectivity index (χ4n) is 3.13. The average molecular weight is 218 g/mol. The van der Waals surface area contributed by atoms with E-state index < -0.39 is 5.60 Å². The monoisotopic (exact) mass is 218 g/mol. The van der Waals surface area contributed by atoms with Gasteiger partial charge < -0.3 is 16.2 Å². The summed E-state index contributed by atoms with van der Waals surface area (Å²) in [5, 5.41) is 14.1. The first kappa shape index (κ1) is 10.3. The molecule has 0 saturated heterocycles. The maximum atomic E-state index is 10.7. The van der Waals surface area contributed by atoms with Crippen LogP contribution in [0.2, 0.25) is 0 Å². The smallest absolute Gasteiger partial charge is 0.0857 e. The van der Waals surface area contributed by atoms with Crippen molar-refractivity contribution in [1.29, 1.82) is 0 Å². The number of fused-ring (bicyclic) bond motifs is 1. The highest BCUT2D eigenvalue weighted by atomic mass is 16.3. The summed E-state index contributed by atoms with van der Waals surface area (Å²) in [5.74, 6) is 0. The zero-order chi connectivity index (χ0) is 11.2. The van der Waals surface area contributed by atoms with E-state index in [4.69, 9.17) is 5.73 Å². The van der Waals surface area contributed by atoms with E-state index >= 15 is 0 Å². The molecule has 16 heavy (non-hydrogen) atoms. The molecule has 86 valence electrons. The lowest BCUT2D eigenvalue weighted by atomic mass is 9.87. The molecule has 0 amide bonds. The SMILES string of the molecule is NC1CCC(O)(C2NCc3ccccc32)C1. The Morgan fingerprint density at radius 2 is 2.19 bits per heavy atom. The molecule has 1 aromatic rings. The lowest BCUT2D eigenvalue weighted by molar-refractivity contribution is 0.00927. The Morgan fingerprint density at radius 1 is 1.38 bits per heavy atom. The van der Waals surface area contributed by atoms with E-state index in [0.29, 0.717) is 6.42 Å². The van der Waals surface area contributed by atoms with Crippen LogP contribution >= 0.6 is 0 Å². The van der Waals surface area contributed by atoms with Crippen LogP contribution in [-0.2, 0) is 6.54 Å². The highest BCUT2D eigenvalue weighted by Gasteiger charge is 2.45. The molecule has 0 bridgehead atoms. The van der Waals surface area contributed by atoms with Crippen LogP contribution in [0.15, 0.2) is 24.3 Å². The summed E-state index contributed by atoms with van der Waals surface area (Å²) in [7, 11) is 0. The molecular weight excluding hydrogens is 200 g/mol. The molecule has 0 radical (unpaired) electrons. The summed E-state index contributed by atoms with van der Waals surface area (Å²) < 4.78 is 0. The number of benzene rings is 1. The summed E-state index contributed by atoms with van der Waals surface area (Å²) in [6, 6.07) is 8.55. The summed E-state index contributed by atoms with van der Waals surface area (Å²) in [6.07, 6.45) is 2.44. The third-order valence-corrected chi connectivity index (χ3v) is 3.96. The number of aliphatic hydroxyl groups is 1. The standard InChI is InChI=1S/C13H18N2O/c14-10-5-6-13(16,7-10)12-11-4-2-1-3-9(11)8-15-12/h1-4,10,12,15-16H,5-8,14H2. The van der Waals surface area contributed by atoms with E-state index in [1.807, 2.05) is 12.1 Å². The minimum atomic E-state index is -0.647. The molecule has 3 unspecified atom stereocenters. The normalized spacial score (nSPS) is 37.6. The molecule has 3 atom stereocenters. The van der Waals surface area contributed by atoms with Gasteiger partial charge in [0.1, 0.15) is 0 Å². The zero-order valence-electron chi connectivity index (χ0n) is 9.32. The van der Waals surface area contributed by atoms with Crippen LogP contribution in [0.25, 0.3) is 0 Å². The first-order valence-electron chi connectivity index (χ1n) is 5.98. The Morgan fingerprint density at radius 3 is 2.94 bits per heavy atom. The molecule has 1 aliphatic carbocycles. The zero-order valence-corrected chi connectivity index (χ0v) is 9.32. The molecule has 1 fully saturated rings. The molecule has 1 heterocycles. The van der Waals surface area contributed by atoms with Crippen LogP contribution in [0, 0.1) is 0 Å². The van der Waals surface area contributed by atoms with Crippen molar-refractivity contribution in [3.63, 3.8) is 0 Å². The predicted molar refractivity (Wildman–Crippen MR) is 62.8 cm³/mol. The van der Waals surface area contributed by atoms with Gasteiger partial charge in [0.25, 0.3) is 0 Å². The molecule has 1 aliphatic heterocycles. The van der Waals surface area contributed by atoms with Crippen molar-refractivity contribution in [3.8, 4) is 0 Å².